The van der Waals surface area contributed by atoms with Gasteiger partial charge in [-0.2, -0.15) is 0 Å². The lowest BCUT2D eigenvalue weighted by atomic mass is 10.0. The Bertz CT molecular complexity index is 479. The predicted octanol–water partition coefficient (Wildman–Crippen LogP) is 0.315. The van der Waals surface area contributed by atoms with Gasteiger partial charge in [-0.05, 0) is 18.9 Å². The van der Waals surface area contributed by atoms with Crippen molar-refractivity contribution < 1.29 is 9.90 Å². The summed E-state index contributed by atoms with van der Waals surface area (Å²) in [5.74, 6) is -0.994. The topological polar surface area (TPSA) is 62.5 Å². The Balaban J connectivity index is 2.47. The third-order valence-corrected chi connectivity index (χ3v) is 2.88. The van der Waals surface area contributed by atoms with Crippen molar-refractivity contribution >= 4 is 11.7 Å². The summed E-state index contributed by atoms with van der Waals surface area (Å²) in [6.45, 7) is 0.672. The average Bonchev–Trinajstić information content (AvgIpc) is 2.23. The Morgan fingerprint density at radius 2 is 2.31 bits per heavy atom. The van der Waals surface area contributed by atoms with Gasteiger partial charge in [0.2, 0.25) is 0 Å². The SMILES string of the molecule is CN1CCCc2c1ccn(CC(=O)O)c2=O. The molecule has 2 rings (SSSR count). The van der Waals surface area contributed by atoms with Crippen molar-refractivity contribution in [2.24, 2.45) is 0 Å². The van der Waals surface area contributed by atoms with Gasteiger partial charge in [0, 0.05) is 31.0 Å². The van der Waals surface area contributed by atoms with E-state index in [0.717, 1.165) is 30.6 Å². The molecule has 86 valence electrons. The summed E-state index contributed by atoms with van der Waals surface area (Å²) in [7, 11) is 1.94. The summed E-state index contributed by atoms with van der Waals surface area (Å²) < 4.78 is 1.25. The van der Waals surface area contributed by atoms with Gasteiger partial charge in [-0.1, -0.05) is 0 Å². The minimum Gasteiger partial charge on any atom is -0.480 e. The maximum absolute atomic E-state index is 12.0. The van der Waals surface area contributed by atoms with Gasteiger partial charge in [0.25, 0.3) is 5.56 Å². The van der Waals surface area contributed by atoms with Crippen LogP contribution in [0.3, 0.4) is 0 Å². The van der Waals surface area contributed by atoms with Crippen LogP contribution in [0.4, 0.5) is 5.69 Å². The lowest BCUT2D eigenvalue weighted by molar-refractivity contribution is -0.137. The molecule has 0 aromatic carbocycles. The quantitative estimate of drug-likeness (QED) is 0.782. The molecule has 16 heavy (non-hydrogen) atoms. The lowest BCUT2D eigenvalue weighted by Crippen LogP contribution is -2.33. The van der Waals surface area contributed by atoms with Crippen LogP contribution in [0, 0.1) is 0 Å². The molecule has 0 atom stereocenters. The summed E-state index contributed by atoms with van der Waals surface area (Å²) in [5.41, 5.74) is 1.49. The second kappa shape index (κ2) is 4.00. The molecule has 0 unspecified atom stereocenters. The highest BCUT2D eigenvalue weighted by Gasteiger charge is 2.18. The highest BCUT2D eigenvalue weighted by atomic mass is 16.4. The summed E-state index contributed by atoms with van der Waals surface area (Å²) in [6, 6.07) is 1.82. The minimum atomic E-state index is -0.994. The summed E-state index contributed by atoms with van der Waals surface area (Å²) in [5, 5.41) is 8.68. The molecule has 5 nitrogen and oxygen atoms in total. The summed E-state index contributed by atoms with van der Waals surface area (Å²) >= 11 is 0. The third kappa shape index (κ3) is 1.80. The molecule has 0 radical (unpaired) electrons. The van der Waals surface area contributed by atoms with Gasteiger partial charge in [0.1, 0.15) is 6.54 Å². The molecular weight excluding hydrogens is 208 g/mol. The van der Waals surface area contributed by atoms with Gasteiger partial charge in [-0.3, -0.25) is 9.59 Å². The van der Waals surface area contributed by atoms with Crippen LogP contribution in [0.5, 0.6) is 0 Å². The van der Waals surface area contributed by atoms with Crippen molar-refractivity contribution in [3.63, 3.8) is 0 Å². The zero-order valence-electron chi connectivity index (χ0n) is 9.14. The van der Waals surface area contributed by atoms with Crippen LogP contribution in [0.1, 0.15) is 12.0 Å². The van der Waals surface area contributed by atoms with E-state index in [4.69, 9.17) is 5.11 Å². The van der Waals surface area contributed by atoms with Crippen molar-refractivity contribution in [2.75, 3.05) is 18.5 Å². The maximum atomic E-state index is 12.0. The molecule has 0 bridgehead atoms. The highest BCUT2D eigenvalue weighted by molar-refractivity contribution is 5.66. The minimum absolute atomic E-state index is 0.175. The normalized spacial score (nSPS) is 14.7. The number of aromatic nitrogens is 1. The van der Waals surface area contributed by atoms with Crippen molar-refractivity contribution in [3.05, 3.63) is 28.2 Å². The van der Waals surface area contributed by atoms with Gasteiger partial charge in [-0.25, -0.2) is 0 Å². The molecule has 5 heteroatoms. The molecule has 0 fully saturated rings. The van der Waals surface area contributed by atoms with Gasteiger partial charge >= 0.3 is 5.97 Å². The second-order valence-corrected chi connectivity index (χ2v) is 4.03. The maximum Gasteiger partial charge on any atom is 0.323 e. The van der Waals surface area contributed by atoms with E-state index >= 15 is 0 Å². The van der Waals surface area contributed by atoms with E-state index in [9.17, 15) is 9.59 Å². The first-order valence-electron chi connectivity index (χ1n) is 5.25. The molecule has 1 aromatic rings. The first kappa shape index (κ1) is 10.7. The molecule has 2 heterocycles. The average molecular weight is 222 g/mol. The van der Waals surface area contributed by atoms with Gasteiger partial charge in [-0.15, -0.1) is 0 Å². The van der Waals surface area contributed by atoms with E-state index in [1.807, 2.05) is 18.0 Å². The predicted molar refractivity (Wildman–Crippen MR) is 59.9 cm³/mol. The number of fused-ring (bicyclic) bond motifs is 1. The zero-order chi connectivity index (χ0) is 11.7. The fourth-order valence-corrected chi connectivity index (χ4v) is 2.09. The monoisotopic (exact) mass is 222 g/mol. The van der Waals surface area contributed by atoms with Crippen LogP contribution >= 0.6 is 0 Å². The Kier molecular flexibility index (Phi) is 2.68. The number of carbonyl (C=O) groups is 1. The van der Waals surface area contributed by atoms with Crippen molar-refractivity contribution in [3.8, 4) is 0 Å². The van der Waals surface area contributed by atoms with Crippen LogP contribution in [0.25, 0.3) is 0 Å². The molecule has 1 aliphatic heterocycles. The fraction of sp³-hybridized carbons (Fsp3) is 0.455. The Morgan fingerprint density at radius 1 is 1.56 bits per heavy atom. The van der Waals surface area contributed by atoms with Crippen LogP contribution < -0.4 is 10.5 Å². The molecular formula is C11H14N2O3. The van der Waals surface area contributed by atoms with E-state index in [1.165, 1.54) is 4.57 Å². The largest absolute Gasteiger partial charge is 0.480 e. The first-order valence-corrected chi connectivity index (χ1v) is 5.25. The van der Waals surface area contributed by atoms with Gasteiger partial charge < -0.3 is 14.6 Å². The first-order chi connectivity index (χ1) is 7.59. The number of hydrogen-bond donors (Lipinski definition) is 1. The number of nitrogens with zero attached hydrogens (tertiary/aromatic N) is 2. The highest BCUT2D eigenvalue weighted by Crippen LogP contribution is 2.22. The van der Waals surface area contributed by atoms with Gasteiger partial charge in [0.15, 0.2) is 0 Å². The number of hydrogen-bond acceptors (Lipinski definition) is 3. The number of carboxylic acids is 1. The zero-order valence-corrected chi connectivity index (χ0v) is 9.14. The number of rotatable bonds is 2. The Hall–Kier alpha value is -1.78. The van der Waals surface area contributed by atoms with E-state index in [-0.39, 0.29) is 12.1 Å². The van der Waals surface area contributed by atoms with Gasteiger partial charge in [0.05, 0.1) is 0 Å². The van der Waals surface area contributed by atoms with Crippen LogP contribution in [0.2, 0.25) is 0 Å². The second-order valence-electron chi connectivity index (χ2n) is 4.03. The molecule has 0 spiro atoms. The standard InChI is InChI=1S/C11H14N2O3/c1-12-5-2-3-8-9(12)4-6-13(11(8)16)7-10(14)15/h4,6H,2-3,5,7H2,1H3,(H,14,15). The number of carboxylic acid groups (broad SMARTS) is 1. The summed E-state index contributed by atoms with van der Waals surface area (Å²) in [4.78, 5) is 24.6. The molecule has 1 N–H and O–H groups in total. The molecule has 0 aliphatic carbocycles. The van der Waals surface area contributed by atoms with E-state index in [2.05, 4.69) is 0 Å². The molecule has 0 saturated carbocycles. The molecule has 0 saturated heterocycles. The molecule has 1 aliphatic rings. The molecule has 1 aromatic heterocycles. The van der Waals surface area contributed by atoms with Crippen molar-refractivity contribution in [1.82, 2.24) is 4.57 Å². The Labute approximate surface area is 92.9 Å². The number of anilines is 1. The van der Waals surface area contributed by atoms with E-state index in [0.29, 0.717) is 0 Å². The van der Waals surface area contributed by atoms with E-state index in [1.54, 1.807) is 6.20 Å². The summed E-state index contributed by atoms with van der Waals surface area (Å²) in [6.07, 6.45) is 3.23. The van der Waals surface area contributed by atoms with Crippen molar-refractivity contribution in [2.45, 2.75) is 19.4 Å². The van der Waals surface area contributed by atoms with Crippen LogP contribution in [0.15, 0.2) is 17.1 Å². The third-order valence-electron chi connectivity index (χ3n) is 2.88. The van der Waals surface area contributed by atoms with Crippen LogP contribution in [-0.2, 0) is 17.8 Å². The van der Waals surface area contributed by atoms with E-state index < -0.39 is 5.97 Å². The fourth-order valence-electron chi connectivity index (χ4n) is 2.09. The lowest BCUT2D eigenvalue weighted by Gasteiger charge is -2.27. The van der Waals surface area contributed by atoms with Crippen molar-refractivity contribution in [1.29, 1.82) is 0 Å². The smallest absolute Gasteiger partial charge is 0.323 e. The Morgan fingerprint density at radius 3 is 3.00 bits per heavy atom. The number of pyridine rings is 1. The molecule has 0 amide bonds. The van der Waals surface area contributed by atoms with Crippen LogP contribution in [-0.4, -0.2) is 29.2 Å². The number of aliphatic carboxylic acids is 1.